The Labute approximate surface area is 110 Å². The molecule has 1 heterocycles. The molecule has 0 spiro atoms. The van der Waals surface area contributed by atoms with E-state index in [-0.39, 0.29) is 12.0 Å². The zero-order chi connectivity index (χ0) is 13.1. The second-order valence-electron chi connectivity index (χ2n) is 6.01. The number of β-amino-alcohol motifs (C(OH)–C–C–N with tert-alkyl or cyclic N) is 1. The summed E-state index contributed by atoms with van der Waals surface area (Å²) in [6, 6.07) is 0.416. The molecule has 2 aliphatic rings. The van der Waals surface area contributed by atoms with E-state index in [4.69, 9.17) is 0 Å². The van der Waals surface area contributed by atoms with Crippen LogP contribution >= 0.6 is 0 Å². The van der Waals surface area contributed by atoms with E-state index < -0.39 is 0 Å². The first-order chi connectivity index (χ1) is 8.58. The number of carbonyl (C=O) groups excluding carboxylic acids is 1. The molecule has 0 radical (unpaired) electrons. The molecule has 1 saturated heterocycles. The van der Waals surface area contributed by atoms with Crippen LogP contribution in [-0.2, 0) is 4.79 Å². The Balaban J connectivity index is 1.84. The molecule has 1 saturated carbocycles. The van der Waals surface area contributed by atoms with Crippen LogP contribution in [0.3, 0.4) is 0 Å². The quantitative estimate of drug-likeness (QED) is 0.820. The number of rotatable bonds is 3. The standard InChI is InChI=1S/C14H26N2O2/c1-11-5-3-4-6-13(11)15(2)14(18)10-16-8-7-12(17)9-16/h11-13,17H,3-10H2,1-2H3/t11?,12-,13?/m0/s1. The summed E-state index contributed by atoms with van der Waals surface area (Å²) in [4.78, 5) is 16.3. The van der Waals surface area contributed by atoms with Crippen LogP contribution in [-0.4, -0.2) is 59.6 Å². The maximum absolute atomic E-state index is 12.3. The van der Waals surface area contributed by atoms with E-state index in [9.17, 15) is 9.90 Å². The highest BCUT2D eigenvalue weighted by Gasteiger charge is 2.29. The van der Waals surface area contributed by atoms with Gasteiger partial charge in [-0.05, 0) is 25.2 Å². The third kappa shape index (κ3) is 3.23. The third-order valence-corrected chi connectivity index (χ3v) is 4.56. The van der Waals surface area contributed by atoms with Crippen LogP contribution in [0.4, 0.5) is 0 Å². The van der Waals surface area contributed by atoms with Crippen LogP contribution in [0.25, 0.3) is 0 Å². The highest BCUT2D eigenvalue weighted by molar-refractivity contribution is 5.78. The molecule has 1 amide bonds. The van der Waals surface area contributed by atoms with Gasteiger partial charge in [0.15, 0.2) is 0 Å². The molecule has 1 aliphatic carbocycles. The predicted octanol–water partition coefficient (Wildman–Crippen LogP) is 1.09. The molecule has 2 unspecified atom stereocenters. The maximum Gasteiger partial charge on any atom is 0.236 e. The fraction of sp³-hybridized carbons (Fsp3) is 0.929. The van der Waals surface area contributed by atoms with E-state index in [1.54, 1.807) is 0 Å². The van der Waals surface area contributed by atoms with Gasteiger partial charge >= 0.3 is 0 Å². The van der Waals surface area contributed by atoms with Crippen molar-refractivity contribution in [3.8, 4) is 0 Å². The summed E-state index contributed by atoms with van der Waals surface area (Å²) >= 11 is 0. The molecule has 2 rings (SSSR count). The minimum Gasteiger partial charge on any atom is -0.392 e. The Bertz CT molecular complexity index is 296. The lowest BCUT2D eigenvalue weighted by molar-refractivity contribution is -0.134. The molecule has 0 aromatic heterocycles. The molecule has 4 heteroatoms. The lowest BCUT2D eigenvalue weighted by Gasteiger charge is -2.37. The van der Waals surface area contributed by atoms with Gasteiger partial charge in [0.2, 0.25) is 5.91 Å². The maximum atomic E-state index is 12.3. The summed E-state index contributed by atoms with van der Waals surface area (Å²) in [5.74, 6) is 0.833. The number of hydrogen-bond acceptors (Lipinski definition) is 3. The Kier molecular flexibility index (Phi) is 4.62. The van der Waals surface area contributed by atoms with Crippen LogP contribution < -0.4 is 0 Å². The highest BCUT2D eigenvalue weighted by Crippen LogP contribution is 2.27. The number of aliphatic hydroxyl groups excluding tert-OH is 1. The van der Waals surface area contributed by atoms with Crippen molar-refractivity contribution in [3.05, 3.63) is 0 Å². The second kappa shape index (κ2) is 6.02. The number of amides is 1. The van der Waals surface area contributed by atoms with Crippen molar-refractivity contribution in [1.82, 2.24) is 9.80 Å². The molecule has 1 aliphatic heterocycles. The van der Waals surface area contributed by atoms with Gasteiger partial charge in [-0.2, -0.15) is 0 Å². The van der Waals surface area contributed by atoms with E-state index in [0.717, 1.165) is 19.4 Å². The second-order valence-corrected chi connectivity index (χ2v) is 6.01. The van der Waals surface area contributed by atoms with Crippen LogP contribution in [0.5, 0.6) is 0 Å². The summed E-state index contributed by atoms with van der Waals surface area (Å²) < 4.78 is 0. The molecule has 0 aromatic rings. The average molecular weight is 254 g/mol. The Hall–Kier alpha value is -0.610. The molecule has 3 atom stereocenters. The molecule has 0 aromatic carbocycles. The summed E-state index contributed by atoms with van der Waals surface area (Å²) in [5.41, 5.74) is 0. The summed E-state index contributed by atoms with van der Waals surface area (Å²) in [6.45, 7) is 4.23. The number of nitrogens with zero attached hydrogens (tertiary/aromatic N) is 2. The lowest BCUT2D eigenvalue weighted by Crippen LogP contribution is -2.46. The minimum atomic E-state index is -0.239. The lowest BCUT2D eigenvalue weighted by atomic mass is 9.85. The first kappa shape index (κ1) is 13.8. The fourth-order valence-corrected chi connectivity index (χ4v) is 3.32. The first-order valence-electron chi connectivity index (χ1n) is 7.24. The van der Waals surface area contributed by atoms with Crippen molar-refractivity contribution in [2.75, 3.05) is 26.7 Å². The Morgan fingerprint density at radius 3 is 2.67 bits per heavy atom. The van der Waals surface area contributed by atoms with Crippen molar-refractivity contribution in [1.29, 1.82) is 0 Å². The molecular weight excluding hydrogens is 228 g/mol. The highest BCUT2D eigenvalue weighted by atomic mass is 16.3. The number of carbonyl (C=O) groups is 1. The normalized spacial score (nSPS) is 33.6. The smallest absolute Gasteiger partial charge is 0.236 e. The number of hydrogen-bond donors (Lipinski definition) is 1. The molecule has 4 nitrogen and oxygen atoms in total. The molecule has 2 fully saturated rings. The van der Waals surface area contributed by atoms with Gasteiger partial charge in [-0.25, -0.2) is 0 Å². The molecule has 18 heavy (non-hydrogen) atoms. The topological polar surface area (TPSA) is 43.8 Å². The SMILES string of the molecule is CC1CCCCC1N(C)C(=O)CN1CC[C@H](O)C1. The van der Waals surface area contributed by atoms with Gasteiger partial charge in [-0.15, -0.1) is 0 Å². The zero-order valence-corrected chi connectivity index (χ0v) is 11.6. The summed E-state index contributed by atoms with van der Waals surface area (Å²) in [6.07, 6.45) is 5.50. The molecule has 104 valence electrons. The van der Waals surface area contributed by atoms with E-state index in [0.29, 0.717) is 25.0 Å². The Morgan fingerprint density at radius 2 is 2.06 bits per heavy atom. The van der Waals surface area contributed by atoms with E-state index in [1.807, 2.05) is 11.9 Å². The number of likely N-dealkylation sites (tertiary alicyclic amines) is 1. The molecule has 0 bridgehead atoms. The van der Waals surface area contributed by atoms with Gasteiger partial charge in [0.25, 0.3) is 0 Å². The summed E-state index contributed by atoms with van der Waals surface area (Å²) in [5, 5.41) is 9.48. The third-order valence-electron chi connectivity index (χ3n) is 4.56. The van der Waals surface area contributed by atoms with Gasteiger partial charge in [0, 0.05) is 26.2 Å². The fourth-order valence-electron chi connectivity index (χ4n) is 3.32. The number of aliphatic hydroxyl groups is 1. The van der Waals surface area contributed by atoms with Gasteiger partial charge in [0.05, 0.1) is 12.6 Å². The Morgan fingerprint density at radius 1 is 1.33 bits per heavy atom. The monoisotopic (exact) mass is 254 g/mol. The van der Waals surface area contributed by atoms with Crippen molar-refractivity contribution < 1.29 is 9.90 Å². The van der Waals surface area contributed by atoms with Crippen LogP contribution in [0, 0.1) is 5.92 Å². The summed E-state index contributed by atoms with van der Waals surface area (Å²) in [7, 11) is 1.95. The minimum absolute atomic E-state index is 0.211. The number of likely N-dealkylation sites (N-methyl/N-ethyl adjacent to an activating group) is 1. The van der Waals surface area contributed by atoms with Crippen LogP contribution in [0.15, 0.2) is 0 Å². The van der Waals surface area contributed by atoms with Crippen LogP contribution in [0.2, 0.25) is 0 Å². The molecular formula is C14H26N2O2. The van der Waals surface area contributed by atoms with Crippen LogP contribution in [0.1, 0.15) is 39.0 Å². The largest absolute Gasteiger partial charge is 0.392 e. The van der Waals surface area contributed by atoms with Gasteiger partial charge < -0.3 is 10.0 Å². The van der Waals surface area contributed by atoms with Crippen molar-refractivity contribution in [2.24, 2.45) is 5.92 Å². The van der Waals surface area contributed by atoms with Gasteiger partial charge in [-0.3, -0.25) is 9.69 Å². The van der Waals surface area contributed by atoms with E-state index >= 15 is 0 Å². The van der Waals surface area contributed by atoms with Crippen molar-refractivity contribution in [3.63, 3.8) is 0 Å². The van der Waals surface area contributed by atoms with Gasteiger partial charge in [0.1, 0.15) is 0 Å². The predicted molar refractivity (Wildman–Crippen MR) is 71.3 cm³/mol. The van der Waals surface area contributed by atoms with Crippen molar-refractivity contribution >= 4 is 5.91 Å². The average Bonchev–Trinajstić information content (AvgIpc) is 2.74. The van der Waals surface area contributed by atoms with E-state index in [2.05, 4.69) is 11.8 Å². The van der Waals surface area contributed by atoms with E-state index in [1.165, 1.54) is 19.3 Å². The molecule has 1 N–H and O–H groups in total. The zero-order valence-electron chi connectivity index (χ0n) is 11.6. The van der Waals surface area contributed by atoms with Crippen molar-refractivity contribution in [2.45, 2.75) is 51.2 Å². The van der Waals surface area contributed by atoms with Gasteiger partial charge in [-0.1, -0.05) is 19.8 Å². The first-order valence-corrected chi connectivity index (χ1v) is 7.24.